The molecule has 0 radical (unpaired) electrons. The molecule has 13 nitrogen and oxygen atoms in total. The molecule has 1 aliphatic carbocycles. The summed E-state index contributed by atoms with van der Waals surface area (Å²) in [6, 6.07) is 0. The molecule has 1 saturated heterocycles. The topological polar surface area (TPSA) is 216 Å². The summed E-state index contributed by atoms with van der Waals surface area (Å²) in [5.41, 5.74) is -5.43. The van der Waals surface area contributed by atoms with E-state index in [4.69, 9.17) is 14.2 Å². The van der Waals surface area contributed by atoms with Crippen molar-refractivity contribution >= 4 is 5.97 Å². The summed E-state index contributed by atoms with van der Waals surface area (Å²) in [5, 5.41) is 81.9. The second-order valence-corrected chi connectivity index (χ2v) is 7.78. The number of esters is 1. The lowest BCUT2D eigenvalue weighted by atomic mass is 9.76. The zero-order valence-corrected chi connectivity index (χ0v) is 16.1. The van der Waals surface area contributed by atoms with Gasteiger partial charge in [-0.05, 0) is 6.92 Å². The van der Waals surface area contributed by atoms with Crippen molar-refractivity contribution in [1.29, 1.82) is 0 Å². The van der Waals surface area contributed by atoms with E-state index in [1.54, 1.807) is 0 Å². The van der Waals surface area contributed by atoms with E-state index in [0.29, 0.717) is 6.26 Å². The van der Waals surface area contributed by atoms with Crippen LogP contribution < -0.4 is 0 Å². The van der Waals surface area contributed by atoms with Crippen molar-refractivity contribution < 1.29 is 64.6 Å². The van der Waals surface area contributed by atoms with Crippen molar-refractivity contribution in [2.45, 2.75) is 67.3 Å². The van der Waals surface area contributed by atoms with E-state index in [1.165, 1.54) is 0 Å². The molecule has 2 fully saturated rings. The average Bonchev–Trinajstić information content (AvgIpc) is 2.85. The smallest absolute Gasteiger partial charge is 0.339 e. The molecule has 0 aromatic carbocycles. The van der Waals surface area contributed by atoms with Crippen LogP contribution in [0.2, 0.25) is 0 Å². The van der Waals surface area contributed by atoms with Crippen molar-refractivity contribution in [3.05, 3.63) is 11.8 Å². The Kier molecular flexibility index (Phi) is 6.16. The van der Waals surface area contributed by atoms with Crippen molar-refractivity contribution in [3.8, 4) is 0 Å². The van der Waals surface area contributed by atoms with E-state index in [-0.39, 0.29) is 0 Å². The monoisotopic (exact) mass is 438 g/mol. The third kappa shape index (κ3) is 3.22. The number of ether oxygens (including phenoxy) is 4. The van der Waals surface area contributed by atoms with Gasteiger partial charge in [-0.25, -0.2) is 4.79 Å². The van der Waals surface area contributed by atoms with Gasteiger partial charge in [0.15, 0.2) is 6.29 Å². The first-order valence-corrected chi connectivity index (χ1v) is 9.14. The second-order valence-electron chi connectivity index (χ2n) is 7.78. The van der Waals surface area contributed by atoms with E-state index >= 15 is 0 Å². The highest BCUT2D eigenvalue weighted by Crippen LogP contribution is 2.52. The molecule has 1 saturated carbocycles. The highest BCUT2D eigenvalue weighted by molar-refractivity contribution is 5.91. The summed E-state index contributed by atoms with van der Waals surface area (Å²) < 4.78 is 20.5. The van der Waals surface area contributed by atoms with Crippen molar-refractivity contribution in [2.24, 2.45) is 5.92 Å². The van der Waals surface area contributed by atoms with Gasteiger partial charge in [-0.15, -0.1) is 0 Å². The summed E-state index contributed by atoms with van der Waals surface area (Å²) in [6.45, 7) is 0.335. The molecular weight excluding hydrogens is 412 g/mol. The summed E-state index contributed by atoms with van der Waals surface area (Å²) in [4.78, 5) is 12.1. The van der Waals surface area contributed by atoms with E-state index < -0.39 is 84.5 Å². The number of fused-ring (bicyclic) bond motifs is 1. The van der Waals surface area contributed by atoms with Crippen LogP contribution in [0.4, 0.5) is 0 Å². The zero-order chi connectivity index (χ0) is 22.6. The molecule has 11 atom stereocenters. The van der Waals surface area contributed by atoms with E-state index in [1.807, 2.05) is 0 Å². The molecule has 0 unspecified atom stereocenters. The molecule has 172 valence electrons. The Hall–Kier alpha value is -1.39. The first-order chi connectivity index (χ1) is 13.9. The van der Waals surface area contributed by atoms with E-state index in [0.717, 1.165) is 14.0 Å². The fourth-order valence-electron chi connectivity index (χ4n) is 4.24. The normalized spacial score (nSPS) is 51.0. The zero-order valence-electron chi connectivity index (χ0n) is 16.1. The van der Waals surface area contributed by atoms with Crippen molar-refractivity contribution in [2.75, 3.05) is 13.7 Å². The first kappa shape index (κ1) is 23.3. The summed E-state index contributed by atoms with van der Waals surface area (Å²) in [7, 11) is 1.01. The van der Waals surface area contributed by atoms with Crippen LogP contribution in [-0.2, 0) is 23.7 Å². The Morgan fingerprint density at radius 2 is 1.70 bits per heavy atom. The van der Waals surface area contributed by atoms with Crippen molar-refractivity contribution in [3.63, 3.8) is 0 Å². The molecular formula is C17H26O13. The lowest BCUT2D eigenvalue weighted by Gasteiger charge is -2.46. The number of aliphatic hydroxyl groups is 8. The number of aliphatic hydroxyl groups excluding tert-OH is 6. The number of rotatable bonds is 4. The maximum atomic E-state index is 12.1. The number of hydrogen-bond donors (Lipinski definition) is 8. The van der Waals surface area contributed by atoms with Crippen LogP contribution in [0.1, 0.15) is 6.92 Å². The van der Waals surface area contributed by atoms with Gasteiger partial charge in [0.05, 0.1) is 19.6 Å². The minimum atomic E-state index is -2.58. The lowest BCUT2D eigenvalue weighted by Crippen LogP contribution is -2.63. The molecule has 0 spiro atoms. The quantitative estimate of drug-likeness (QED) is 0.193. The van der Waals surface area contributed by atoms with Gasteiger partial charge in [0, 0.05) is 0 Å². The molecule has 13 heteroatoms. The molecule has 2 aliphatic heterocycles. The maximum Gasteiger partial charge on any atom is 0.339 e. The Bertz CT molecular complexity index is 693. The van der Waals surface area contributed by atoms with Crippen molar-refractivity contribution in [1.82, 2.24) is 0 Å². The number of carbonyl (C=O) groups excluding carboxylic acids is 1. The Labute approximate surface area is 170 Å². The number of methoxy groups -OCH3 is 1. The largest absolute Gasteiger partial charge is 0.471 e. The Morgan fingerprint density at radius 3 is 2.27 bits per heavy atom. The predicted octanol–water partition coefficient (Wildman–Crippen LogP) is -4.95. The molecule has 2 heterocycles. The molecule has 3 rings (SSSR count). The number of hydrogen-bond acceptors (Lipinski definition) is 13. The van der Waals surface area contributed by atoms with Gasteiger partial charge in [-0.2, -0.15) is 0 Å². The highest BCUT2D eigenvalue weighted by atomic mass is 16.8. The molecule has 30 heavy (non-hydrogen) atoms. The fourth-order valence-corrected chi connectivity index (χ4v) is 4.24. The standard InChI is InChI=1S/C17H26O13/c1-16(25)10-15(30-14-9(21)8(20)7(19)6(3-18)29-14)28-4-5(13(24)27-2)17(10,26)12(23)11(16)22/h4,6-12,14-15,18-23,25-26H,3H2,1-2H3/t6-,7-,8+,9-,10+,11-,12-,14+,15+,16+,17+/m1/s1. The summed E-state index contributed by atoms with van der Waals surface area (Å²) in [6.07, 6.45) is -13.3. The molecule has 3 aliphatic rings. The first-order valence-electron chi connectivity index (χ1n) is 9.14. The van der Waals surface area contributed by atoms with Crippen LogP contribution >= 0.6 is 0 Å². The van der Waals surface area contributed by atoms with Crippen LogP contribution in [0.3, 0.4) is 0 Å². The van der Waals surface area contributed by atoms with Crippen LogP contribution in [0.5, 0.6) is 0 Å². The van der Waals surface area contributed by atoms with E-state index in [2.05, 4.69) is 4.74 Å². The SMILES string of the molecule is COC(=O)C1=CO[C@@H](O[C@@H]2O[C@H](CO)[C@@H](O)[C@H](O)[C@H]2O)[C@H]2[C@](C)(O)[C@H](O)[C@@H](O)[C@]12O. The van der Waals surface area contributed by atoms with Gasteiger partial charge in [-0.1, -0.05) is 0 Å². The molecule has 0 aromatic heterocycles. The van der Waals surface area contributed by atoms with Crippen LogP contribution in [0.15, 0.2) is 11.8 Å². The molecule has 8 N–H and O–H groups in total. The highest BCUT2D eigenvalue weighted by Gasteiger charge is 2.72. The maximum absolute atomic E-state index is 12.1. The molecule has 0 amide bonds. The van der Waals surface area contributed by atoms with Gasteiger partial charge in [0.1, 0.15) is 59.7 Å². The molecule has 0 aromatic rings. The van der Waals surface area contributed by atoms with Crippen LogP contribution in [-0.4, -0.2) is 121 Å². The molecule has 0 bridgehead atoms. The fraction of sp³-hybridized carbons (Fsp3) is 0.824. The Morgan fingerprint density at radius 1 is 1.07 bits per heavy atom. The second kappa shape index (κ2) is 7.94. The van der Waals surface area contributed by atoms with Gasteiger partial charge in [0.25, 0.3) is 0 Å². The minimum absolute atomic E-state index is 0.590. The minimum Gasteiger partial charge on any atom is -0.471 e. The van der Waals surface area contributed by atoms with Gasteiger partial charge < -0.3 is 59.8 Å². The van der Waals surface area contributed by atoms with Crippen LogP contribution in [0.25, 0.3) is 0 Å². The lowest BCUT2D eigenvalue weighted by molar-refractivity contribution is -0.352. The average molecular weight is 438 g/mol. The third-order valence-corrected chi connectivity index (χ3v) is 6.00. The van der Waals surface area contributed by atoms with Gasteiger partial charge >= 0.3 is 5.97 Å². The summed E-state index contributed by atoms with van der Waals surface area (Å²) in [5.74, 6) is -2.79. The van der Waals surface area contributed by atoms with E-state index in [9.17, 15) is 45.6 Å². The number of carbonyl (C=O) groups is 1. The van der Waals surface area contributed by atoms with Crippen LogP contribution in [0, 0.1) is 5.92 Å². The third-order valence-electron chi connectivity index (χ3n) is 6.00. The van der Waals surface area contributed by atoms with Gasteiger partial charge in [0.2, 0.25) is 6.29 Å². The van der Waals surface area contributed by atoms with Gasteiger partial charge in [-0.3, -0.25) is 0 Å². The predicted molar refractivity (Wildman–Crippen MR) is 90.9 cm³/mol. The summed E-state index contributed by atoms with van der Waals surface area (Å²) >= 11 is 0. The Balaban J connectivity index is 1.96.